The van der Waals surface area contributed by atoms with Crippen LogP contribution in [0.2, 0.25) is 0 Å². The van der Waals surface area contributed by atoms with Gasteiger partial charge in [-0.2, -0.15) is 22.0 Å². The lowest BCUT2D eigenvalue weighted by Crippen LogP contribution is -2.38. The highest BCUT2D eigenvalue weighted by molar-refractivity contribution is 8.76. The lowest BCUT2D eigenvalue weighted by atomic mass is 10.4. The van der Waals surface area contributed by atoms with Crippen LogP contribution in [0.4, 0.5) is 22.0 Å². The average Bonchev–Trinajstić information content (AvgIpc) is 2.17. The minimum Gasteiger partial charge on any atom is -0.195 e. The Bertz CT molecular complexity index is 322. The van der Waals surface area contributed by atoms with Gasteiger partial charge in [-0.25, -0.2) is 0 Å². The maximum Gasteiger partial charge on any atom is 0.454 e. The number of rotatable bonds is 4. The van der Waals surface area contributed by atoms with Crippen molar-refractivity contribution in [2.75, 3.05) is 5.75 Å². The molecule has 0 radical (unpaired) electrons. The van der Waals surface area contributed by atoms with Crippen LogP contribution in [0.3, 0.4) is 0 Å². The van der Waals surface area contributed by atoms with Crippen molar-refractivity contribution in [1.82, 2.24) is 0 Å². The van der Waals surface area contributed by atoms with E-state index in [2.05, 4.69) is 0 Å². The van der Waals surface area contributed by atoms with Crippen LogP contribution < -0.4 is 0 Å². The van der Waals surface area contributed by atoms with Gasteiger partial charge in [-0.05, 0) is 12.1 Å². The van der Waals surface area contributed by atoms with E-state index in [-0.39, 0.29) is 0 Å². The van der Waals surface area contributed by atoms with Gasteiger partial charge in [-0.3, -0.25) is 0 Å². The van der Waals surface area contributed by atoms with Crippen LogP contribution in [-0.2, 0) is 0 Å². The summed E-state index contributed by atoms with van der Waals surface area (Å²) in [5.41, 5.74) is 0. The summed E-state index contributed by atoms with van der Waals surface area (Å²) in [5, 5.41) is 0. The van der Waals surface area contributed by atoms with Crippen molar-refractivity contribution < 1.29 is 22.0 Å². The molecule has 0 unspecified atom stereocenters. The van der Waals surface area contributed by atoms with Crippen LogP contribution >= 0.6 is 21.6 Å². The quantitative estimate of drug-likeness (QED) is 0.580. The molecule has 0 spiro atoms. The van der Waals surface area contributed by atoms with Crippen LogP contribution in [0.25, 0.3) is 0 Å². The normalized spacial score (nSPS) is 12.8. The summed E-state index contributed by atoms with van der Waals surface area (Å²) < 4.78 is 60.3. The zero-order valence-corrected chi connectivity index (χ0v) is 9.43. The molecule has 0 amide bonds. The first kappa shape index (κ1) is 13.6. The van der Waals surface area contributed by atoms with Crippen LogP contribution in [-0.4, -0.2) is 17.9 Å². The van der Waals surface area contributed by atoms with Crippen LogP contribution in [0, 0.1) is 0 Å². The van der Waals surface area contributed by atoms with Crippen molar-refractivity contribution in [3.8, 4) is 0 Å². The van der Waals surface area contributed by atoms with Gasteiger partial charge < -0.3 is 0 Å². The Morgan fingerprint density at radius 1 is 0.938 bits per heavy atom. The number of hydrogen-bond donors (Lipinski definition) is 0. The summed E-state index contributed by atoms with van der Waals surface area (Å²) in [4.78, 5) is 0.644. The second-order valence-electron chi connectivity index (χ2n) is 2.86. The molecule has 16 heavy (non-hydrogen) atoms. The molecule has 0 aliphatic rings. The van der Waals surface area contributed by atoms with E-state index in [9.17, 15) is 22.0 Å². The van der Waals surface area contributed by atoms with Crippen molar-refractivity contribution in [3.05, 3.63) is 30.3 Å². The Hall–Kier alpha value is -0.430. The molecule has 0 saturated heterocycles. The van der Waals surface area contributed by atoms with Crippen molar-refractivity contribution in [2.24, 2.45) is 0 Å². The largest absolute Gasteiger partial charge is 0.454 e. The maximum atomic E-state index is 12.5. The van der Waals surface area contributed by atoms with E-state index in [1.165, 1.54) is 0 Å². The van der Waals surface area contributed by atoms with E-state index in [1.54, 1.807) is 30.3 Å². The zero-order chi connectivity index (χ0) is 12.2. The Labute approximate surface area is 97.0 Å². The molecular formula is C9H7F5S2. The Balaban J connectivity index is 2.42. The van der Waals surface area contributed by atoms with E-state index in [0.717, 1.165) is 10.8 Å². The second-order valence-corrected chi connectivity index (χ2v) is 5.23. The first-order valence-corrected chi connectivity index (χ1v) is 6.44. The van der Waals surface area contributed by atoms with E-state index in [1.807, 2.05) is 0 Å². The highest BCUT2D eigenvalue weighted by atomic mass is 33.1. The molecule has 0 saturated carbocycles. The lowest BCUT2D eigenvalue weighted by molar-refractivity contribution is -0.270. The summed E-state index contributed by atoms with van der Waals surface area (Å²) in [5.74, 6) is -5.92. The fourth-order valence-corrected chi connectivity index (χ4v) is 2.87. The molecule has 1 aromatic carbocycles. The molecule has 1 aromatic rings. The smallest absolute Gasteiger partial charge is 0.195 e. The van der Waals surface area contributed by atoms with E-state index in [0.29, 0.717) is 15.7 Å². The molecular weight excluding hydrogens is 267 g/mol. The second kappa shape index (κ2) is 5.27. The van der Waals surface area contributed by atoms with Gasteiger partial charge in [0.2, 0.25) is 0 Å². The monoisotopic (exact) mass is 274 g/mol. The van der Waals surface area contributed by atoms with E-state index in [4.69, 9.17) is 0 Å². The molecule has 0 bridgehead atoms. The van der Waals surface area contributed by atoms with E-state index < -0.39 is 17.9 Å². The standard InChI is InChI=1S/C9H7F5S2/c10-8(11,9(12,13)14)6-15-16-7-4-2-1-3-5-7/h1-5H,6H2. The molecule has 0 aromatic heterocycles. The summed E-state index contributed by atoms with van der Waals surface area (Å²) in [6.07, 6.45) is -5.47. The maximum absolute atomic E-state index is 12.5. The van der Waals surface area contributed by atoms with Crippen molar-refractivity contribution in [3.63, 3.8) is 0 Å². The molecule has 0 aliphatic carbocycles. The molecule has 0 aliphatic heterocycles. The minimum atomic E-state index is -5.47. The first-order chi connectivity index (χ1) is 7.33. The van der Waals surface area contributed by atoms with Gasteiger partial charge >= 0.3 is 12.1 Å². The van der Waals surface area contributed by atoms with Crippen LogP contribution in [0.5, 0.6) is 0 Å². The number of benzene rings is 1. The topological polar surface area (TPSA) is 0 Å². The third kappa shape index (κ3) is 3.86. The van der Waals surface area contributed by atoms with Crippen LogP contribution in [0.1, 0.15) is 0 Å². The van der Waals surface area contributed by atoms with Crippen molar-refractivity contribution >= 4 is 21.6 Å². The number of alkyl halides is 5. The predicted molar refractivity (Wildman–Crippen MR) is 55.8 cm³/mol. The Kier molecular flexibility index (Phi) is 4.49. The lowest BCUT2D eigenvalue weighted by Gasteiger charge is -2.18. The summed E-state index contributed by atoms with van der Waals surface area (Å²) in [6, 6.07) is 8.39. The summed E-state index contributed by atoms with van der Waals surface area (Å²) in [7, 11) is 1.39. The van der Waals surface area contributed by atoms with Gasteiger partial charge in [0.1, 0.15) is 0 Å². The third-order valence-electron chi connectivity index (χ3n) is 1.55. The summed E-state index contributed by atoms with van der Waals surface area (Å²) >= 11 is 0. The first-order valence-electron chi connectivity index (χ1n) is 4.12. The highest BCUT2D eigenvalue weighted by Gasteiger charge is 2.57. The molecule has 90 valence electrons. The Morgan fingerprint density at radius 3 is 2.00 bits per heavy atom. The van der Waals surface area contributed by atoms with Crippen LogP contribution in [0.15, 0.2) is 35.2 Å². The Morgan fingerprint density at radius 2 is 1.50 bits per heavy atom. The van der Waals surface area contributed by atoms with Gasteiger partial charge in [-0.1, -0.05) is 39.8 Å². The van der Waals surface area contributed by atoms with Crippen molar-refractivity contribution in [2.45, 2.75) is 17.0 Å². The third-order valence-corrected chi connectivity index (χ3v) is 3.90. The molecule has 1 rings (SSSR count). The minimum absolute atomic E-state index is 0.487. The average molecular weight is 274 g/mol. The molecule has 0 nitrogen and oxygen atoms in total. The molecule has 0 heterocycles. The van der Waals surface area contributed by atoms with Gasteiger partial charge in [-0.15, -0.1) is 0 Å². The highest BCUT2D eigenvalue weighted by Crippen LogP contribution is 2.42. The number of hydrogen-bond acceptors (Lipinski definition) is 2. The molecule has 0 N–H and O–H groups in total. The van der Waals surface area contributed by atoms with E-state index >= 15 is 0 Å². The van der Waals surface area contributed by atoms with Gasteiger partial charge in [0.05, 0.1) is 5.75 Å². The molecule has 0 fully saturated rings. The fraction of sp³-hybridized carbons (Fsp3) is 0.333. The zero-order valence-electron chi connectivity index (χ0n) is 7.80. The SMILES string of the molecule is FC(F)(F)C(F)(F)CSSc1ccccc1. The van der Waals surface area contributed by atoms with Gasteiger partial charge in [0, 0.05) is 4.90 Å². The fourth-order valence-electron chi connectivity index (χ4n) is 0.729. The number of halogens is 5. The predicted octanol–water partition coefficient (Wildman–Crippen LogP) is 4.62. The van der Waals surface area contributed by atoms with Gasteiger partial charge in [0.25, 0.3) is 0 Å². The molecule has 7 heteroatoms. The summed E-state index contributed by atoms with van der Waals surface area (Å²) in [6.45, 7) is 0. The van der Waals surface area contributed by atoms with Gasteiger partial charge in [0.15, 0.2) is 0 Å². The molecule has 0 atom stereocenters. The van der Waals surface area contributed by atoms with Crippen molar-refractivity contribution in [1.29, 1.82) is 0 Å².